The highest BCUT2D eigenvalue weighted by atomic mass is 16.5. The van der Waals surface area contributed by atoms with Crippen LogP contribution in [0.25, 0.3) is 0 Å². The summed E-state index contributed by atoms with van der Waals surface area (Å²) in [5.41, 5.74) is 6.70. The monoisotopic (exact) mass is 203 g/mol. The molecule has 2 N–H and O–H groups in total. The lowest BCUT2D eigenvalue weighted by atomic mass is 10.1. The molecule has 15 heavy (non-hydrogen) atoms. The molecule has 1 aromatic carbocycles. The Labute approximate surface area is 91.4 Å². The standard InChI is InChI=1S/C13H17NO/c1-3-6-12(14)10-9-11-7-4-5-8-13(11)15-2/h4-5,7-8,12H,3,6,14H2,1-2H3. The summed E-state index contributed by atoms with van der Waals surface area (Å²) in [6.45, 7) is 2.10. The summed E-state index contributed by atoms with van der Waals surface area (Å²) in [6, 6.07) is 7.66. The van der Waals surface area contributed by atoms with Crippen LogP contribution >= 0.6 is 0 Å². The molecule has 0 aliphatic heterocycles. The van der Waals surface area contributed by atoms with Crippen molar-refractivity contribution in [3.63, 3.8) is 0 Å². The Morgan fingerprint density at radius 3 is 2.80 bits per heavy atom. The smallest absolute Gasteiger partial charge is 0.134 e. The van der Waals surface area contributed by atoms with Gasteiger partial charge in [0.25, 0.3) is 0 Å². The molecule has 80 valence electrons. The Balaban J connectivity index is 2.78. The summed E-state index contributed by atoms with van der Waals surface area (Å²) < 4.78 is 5.19. The number of rotatable bonds is 3. The van der Waals surface area contributed by atoms with Crippen molar-refractivity contribution in [2.45, 2.75) is 25.8 Å². The van der Waals surface area contributed by atoms with Crippen molar-refractivity contribution >= 4 is 0 Å². The van der Waals surface area contributed by atoms with Gasteiger partial charge in [0.1, 0.15) is 5.75 Å². The first-order valence-electron chi connectivity index (χ1n) is 5.18. The molecule has 0 saturated carbocycles. The Bertz CT molecular complexity index is 362. The van der Waals surface area contributed by atoms with E-state index in [0.717, 1.165) is 24.2 Å². The van der Waals surface area contributed by atoms with Crippen LogP contribution in [0.1, 0.15) is 25.3 Å². The number of benzene rings is 1. The predicted octanol–water partition coefficient (Wildman–Crippen LogP) is 2.17. The number of hydrogen-bond acceptors (Lipinski definition) is 2. The third-order valence-corrected chi connectivity index (χ3v) is 2.10. The van der Waals surface area contributed by atoms with Gasteiger partial charge in [-0.3, -0.25) is 0 Å². The molecule has 0 aliphatic carbocycles. The largest absolute Gasteiger partial charge is 0.495 e. The minimum absolute atomic E-state index is 0.0417. The van der Waals surface area contributed by atoms with E-state index in [1.807, 2.05) is 24.3 Å². The third kappa shape index (κ3) is 3.65. The fraction of sp³-hybridized carbons (Fsp3) is 0.385. The summed E-state index contributed by atoms with van der Waals surface area (Å²) >= 11 is 0. The van der Waals surface area contributed by atoms with Crippen LogP contribution < -0.4 is 10.5 Å². The molecular weight excluding hydrogens is 186 g/mol. The van der Waals surface area contributed by atoms with Gasteiger partial charge in [0, 0.05) is 0 Å². The van der Waals surface area contributed by atoms with Gasteiger partial charge in [-0.1, -0.05) is 37.3 Å². The van der Waals surface area contributed by atoms with Gasteiger partial charge in [-0.15, -0.1) is 0 Å². The normalized spacial score (nSPS) is 11.4. The quantitative estimate of drug-likeness (QED) is 0.764. The molecule has 0 aromatic heterocycles. The maximum Gasteiger partial charge on any atom is 0.134 e. The molecule has 0 fully saturated rings. The molecule has 0 bridgehead atoms. The lowest BCUT2D eigenvalue weighted by Crippen LogP contribution is -2.16. The van der Waals surface area contributed by atoms with Gasteiger partial charge in [-0.05, 0) is 18.6 Å². The van der Waals surface area contributed by atoms with E-state index in [0.29, 0.717) is 0 Å². The predicted molar refractivity (Wildman–Crippen MR) is 62.8 cm³/mol. The van der Waals surface area contributed by atoms with Gasteiger partial charge >= 0.3 is 0 Å². The molecule has 0 spiro atoms. The highest BCUT2D eigenvalue weighted by molar-refractivity contribution is 5.46. The van der Waals surface area contributed by atoms with Crippen molar-refractivity contribution in [1.82, 2.24) is 0 Å². The van der Waals surface area contributed by atoms with Gasteiger partial charge in [0.05, 0.1) is 18.7 Å². The van der Waals surface area contributed by atoms with E-state index in [2.05, 4.69) is 18.8 Å². The number of ether oxygens (including phenoxy) is 1. The summed E-state index contributed by atoms with van der Waals surface area (Å²) in [5.74, 6) is 6.87. The molecule has 1 rings (SSSR count). The summed E-state index contributed by atoms with van der Waals surface area (Å²) in [7, 11) is 1.65. The number of nitrogens with two attached hydrogens (primary N) is 1. The van der Waals surface area contributed by atoms with E-state index in [-0.39, 0.29) is 6.04 Å². The van der Waals surface area contributed by atoms with Crippen LogP contribution in [0, 0.1) is 11.8 Å². The molecule has 1 aromatic rings. The van der Waals surface area contributed by atoms with Crippen molar-refractivity contribution in [3.8, 4) is 17.6 Å². The highest BCUT2D eigenvalue weighted by Gasteiger charge is 1.98. The second-order valence-electron chi connectivity index (χ2n) is 3.36. The first-order valence-corrected chi connectivity index (χ1v) is 5.18. The number of hydrogen-bond donors (Lipinski definition) is 1. The summed E-state index contributed by atoms with van der Waals surface area (Å²) in [6.07, 6.45) is 1.99. The molecule has 2 nitrogen and oxygen atoms in total. The Hall–Kier alpha value is -1.46. The van der Waals surface area contributed by atoms with Crippen LogP contribution in [-0.2, 0) is 0 Å². The van der Waals surface area contributed by atoms with Gasteiger partial charge < -0.3 is 10.5 Å². The maximum atomic E-state index is 5.81. The fourth-order valence-electron chi connectivity index (χ4n) is 1.30. The summed E-state index contributed by atoms with van der Waals surface area (Å²) in [4.78, 5) is 0. The molecule has 1 unspecified atom stereocenters. The molecular formula is C13H17NO. The second-order valence-corrected chi connectivity index (χ2v) is 3.36. The molecule has 0 radical (unpaired) electrons. The van der Waals surface area contributed by atoms with Crippen LogP contribution in [0.15, 0.2) is 24.3 Å². The molecule has 0 aliphatic rings. The van der Waals surface area contributed by atoms with Crippen molar-refractivity contribution in [2.24, 2.45) is 5.73 Å². The van der Waals surface area contributed by atoms with E-state index in [9.17, 15) is 0 Å². The average Bonchev–Trinajstić information content (AvgIpc) is 2.27. The molecule has 0 saturated heterocycles. The Morgan fingerprint density at radius 1 is 1.40 bits per heavy atom. The van der Waals surface area contributed by atoms with Crippen molar-refractivity contribution in [3.05, 3.63) is 29.8 Å². The van der Waals surface area contributed by atoms with E-state index in [1.54, 1.807) is 7.11 Å². The molecule has 0 amide bonds. The van der Waals surface area contributed by atoms with Crippen molar-refractivity contribution in [1.29, 1.82) is 0 Å². The first kappa shape index (κ1) is 11.6. The number of para-hydroxylation sites is 1. The van der Waals surface area contributed by atoms with Gasteiger partial charge in [0.15, 0.2) is 0 Å². The third-order valence-electron chi connectivity index (χ3n) is 2.10. The minimum atomic E-state index is -0.0417. The zero-order valence-electron chi connectivity index (χ0n) is 9.29. The SMILES string of the molecule is CCCC(N)C#Cc1ccccc1OC. The van der Waals surface area contributed by atoms with Crippen LogP contribution in [0.5, 0.6) is 5.75 Å². The average molecular weight is 203 g/mol. The fourth-order valence-corrected chi connectivity index (χ4v) is 1.30. The zero-order valence-corrected chi connectivity index (χ0v) is 9.29. The summed E-state index contributed by atoms with van der Waals surface area (Å²) in [5, 5.41) is 0. The van der Waals surface area contributed by atoms with E-state index >= 15 is 0 Å². The van der Waals surface area contributed by atoms with Crippen LogP contribution in [-0.4, -0.2) is 13.2 Å². The maximum absolute atomic E-state index is 5.81. The molecule has 1 atom stereocenters. The van der Waals surface area contributed by atoms with Crippen molar-refractivity contribution in [2.75, 3.05) is 7.11 Å². The molecule has 0 heterocycles. The number of methoxy groups -OCH3 is 1. The topological polar surface area (TPSA) is 35.2 Å². The lowest BCUT2D eigenvalue weighted by Gasteiger charge is -2.02. The van der Waals surface area contributed by atoms with Crippen LogP contribution in [0.3, 0.4) is 0 Å². The van der Waals surface area contributed by atoms with Crippen LogP contribution in [0.4, 0.5) is 0 Å². The van der Waals surface area contributed by atoms with Crippen LogP contribution in [0.2, 0.25) is 0 Å². The van der Waals surface area contributed by atoms with E-state index in [1.165, 1.54) is 0 Å². The second kappa shape index (κ2) is 6.10. The Kier molecular flexibility index (Phi) is 4.73. The Morgan fingerprint density at radius 2 is 2.13 bits per heavy atom. The van der Waals surface area contributed by atoms with Gasteiger partial charge in [0.2, 0.25) is 0 Å². The van der Waals surface area contributed by atoms with Gasteiger partial charge in [-0.25, -0.2) is 0 Å². The highest BCUT2D eigenvalue weighted by Crippen LogP contribution is 2.15. The van der Waals surface area contributed by atoms with E-state index in [4.69, 9.17) is 10.5 Å². The lowest BCUT2D eigenvalue weighted by molar-refractivity contribution is 0.413. The molecule has 2 heteroatoms. The zero-order chi connectivity index (χ0) is 11.1. The van der Waals surface area contributed by atoms with Gasteiger partial charge in [-0.2, -0.15) is 0 Å². The first-order chi connectivity index (χ1) is 7.27. The van der Waals surface area contributed by atoms with Crippen molar-refractivity contribution < 1.29 is 4.74 Å². The van der Waals surface area contributed by atoms with E-state index < -0.39 is 0 Å². The minimum Gasteiger partial charge on any atom is -0.495 e.